The van der Waals surface area contributed by atoms with Crippen LogP contribution in [0.1, 0.15) is 31.1 Å². The summed E-state index contributed by atoms with van der Waals surface area (Å²) in [5.74, 6) is -0.0520. The highest BCUT2D eigenvalue weighted by Crippen LogP contribution is 2.34. The fraction of sp³-hybridized carbons (Fsp3) is 0.192. The lowest BCUT2D eigenvalue weighted by Gasteiger charge is -2.23. The number of carbonyl (C=O) groups is 1. The zero-order chi connectivity index (χ0) is 20.6. The minimum absolute atomic E-state index is 0.215. The van der Waals surface area contributed by atoms with Gasteiger partial charge in [0.05, 0.1) is 5.56 Å². The van der Waals surface area contributed by atoms with Crippen LogP contribution in [0.2, 0.25) is 0 Å². The topological polar surface area (TPSA) is 26.3 Å². The monoisotopic (exact) mass is 402 g/mol. The Bertz CT molecular complexity index is 909. The Morgan fingerprint density at radius 1 is 0.828 bits per heavy atom. The second kappa shape index (κ2) is 10.2. The van der Waals surface area contributed by atoms with Crippen LogP contribution in [-0.4, -0.2) is 12.1 Å². The second-order valence-corrected chi connectivity index (χ2v) is 9.35. The minimum Gasteiger partial charge on any atom is -0.454 e. The Morgan fingerprint density at radius 3 is 1.86 bits per heavy atom. The van der Waals surface area contributed by atoms with Gasteiger partial charge in [-0.3, -0.25) is 0 Å². The van der Waals surface area contributed by atoms with E-state index in [0.29, 0.717) is 5.56 Å². The van der Waals surface area contributed by atoms with Gasteiger partial charge in [-0.05, 0) is 48.8 Å². The van der Waals surface area contributed by atoms with Gasteiger partial charge in [-0.2, -0.15) is 0 Å². The Kier molecular flexibility index (Phi) is 7.38. The smallest absolute Gasteiger partial charge is 0.339 e. The Hall–Kier alpha value is -2.70. The maximum absolute atomic E-state index is 13.2. The molecular formula is C26H27O2P. The van der Waals surface area contributed by atoms with Gasteiger partial charge in [0.1, 0.15) is 6.10 Å². The first kappa shape index (κ1) is 21.0. The van der Waals surface area contributed by atoms with E-state index in [0.717, 1.165) is 5.30 Å². The number of rotatable bonds is 7. The summed E-state index contributed by atoms with van der Waals surface area (Å²) in [5.41, 5.74) is 0.640. The minimum atomic E-state index is -0.866. The number of allylic oxidation sites excluding steroid dienone is 1. The molecule has 0 radical (unpaired) electrons. The highest BCUT2D eigenvalue weighted by atomic mass is 31.1. The summed E-state index contributed by atoms with van der Waals surface area (Å²) in [6, 6.07) is 28.6. The van der Waals surface area contributed by atoms with E-state index < -0.39 is 7.92 Å². The molecule has 0 bridgehead atoms. The van der Waals surface area contributed by atoms with Crippen LogP contribution in [0.3, 0.4) is 0 Å². The molecule has 3 heteroatoms. The molecule has 0 fully saturated rings. The van der Waals surface area contributed by atoms with Gasteiger partial charge in [-0.25, -0.2) is 4.79 Å². The average Bonchev–Trinajstić information content (AvgIpc) is 2.75. The van der Waals surface area contributed by atoms with Crippen LogP contribution in [-0.2, 0) is 4.74 Å². The molecule has 2 nitrogen and oxygen atoms in total. The van der Waals surface area contributed by atoms with Gasteiger partial charge in [0.25, 0.3) is 0 Å². The van der Waals surface area contributed by atoms with Crippen molar-refractivity contribution in [2.75, 3.05) is 0 Å². The highest BCUT2D eigenvalue weighted by molar-refractivity contribution is 7.80. The summed E-state index contributed by atoms with van der Waals surface area (Å²) in [4.78, 5) is 13.2. The van der Waals surface area contributed by atoms with Crippen molar-refractivity contribution in [2.24, 2.45) is 5.92 Å². The molecule has 1 atom stereocenters. The third-order valence-electron chi connectivity index (χ3n) is 4.68. The molecule has 0 aliphatic rings. The fourth-order valence-electron chi connectivity index (χ4n) is 3.20. The van der Waals surface area contributed by atoms with Crippen LogP contribution in [0.15, 0.2) is 97.1 Å². The third-order valence-corrected chi connectivity index (χ3v) is 7.18. The van der Waals surface area contributed by atoms with E-state index in [1.54, 1.807) is 0 Å². The van der Waals surface area contributed by atoms with Crippen molar-refractivity contribution in [3.05, 3.63) is 103 Å². The molecule has 0 heterocycles. The summed E-state index contributed by atoms with van der Waals surface area (Å²) < 4.78 is 5.89. The molecule has 0 aromatic heterocycles. The SMILES string of the molecule is C/C=C/C(OC(=O)c1ccccc1P(c1ccccc1)c1ccccc1)C(C)C. The van der Waals surface area contributed by atoms with Crippen molar-refractivity contribution in [1.29, 1.82) is 0 Å². The quantitative estimate of drug-likeness (QED) is 0.308. The van der Waals surface area contributed by atoms with E-state index in [1.807, 2.05) is 49.4 Å². The van der Waals surface area contributed by atoms with Crippen molar-refractivity contribution >= 4 is 29.8 Å². The lowest BCUT2D eigenvalue weighted by Crippen LogP contribution is -2.28. The Labute approximate surface area is 175 Å². The molecule has 0 saturated carbocycles. The zero-order valence-corrected chi connectivity index (χ0v) is 18.1. The van der Waals surface area contributed by atoms with E-state index in [9.17, 15) is 4.79 Å². The van der Waals surface area contributed by atoms with E-state index >= 15 is 0 Å². The largest absolute Gasteiger partial charge is 0.454 e. The summed E-state index contributed by atoms with van der Waals surface area (Å²) >= 11 is 0. The van der Waals surface area contributed by atoms with E-state index in [-0.39, 0.29) is 18.0 Å². The molecule has 0 aliphatic carbocycles. The van der Waals surface area contributed by atoms with E-state index in [2.05, 4.69) is 68.4 Å². The molecule has 3 aromatic rings. The predicted octanol–water partition coefficient (Wildman–Crippen LogP) is 5.20. The molecule has 0 aliphatic heterocycles. The van der Waals surface area contributed by atoms with Gasteiger partial charge in [-0.1, -0.05) is 98.8 Å². The van der Waals surface area contributed by atoms with Crippen molar-refractivity contribution < 1.29 is 9.53 Å². The molecule has 3 aromatic carbocycles. The first-order valence-electron chi connectivity index (χ1n) is 9.95. The summed E-state index contributed by atoms with van der Waals surface area (Å²) in [5, 5.41) is 3.44. The van der Waals surface area contributed by atoms with Crippen LogP contribution in [0.4, 0.5) is 0 Å². The van der Waals surface area contributed by atoms with E-state index in [1.165, 1.54) is 10.6 Å². The Balaban J connectivity index is 2.06. The average molecular weight is 402 g/mol. The van der Waals surface area contributed by atoms with Gasteiger partial charge in [0.15, 0.2) is 0 Å². The number of hydrogen-bond acceptors (Lipinski definition) is 2. The number of carbonyl (C=O) groups excluding carboxylic acids is 1. The van der Waals surface area contributed by atoms with Crippen molar-refractivity contribution in [2.45, 2.75) is 26.9 Å². The summed E-state index contributed by atoms with van der Waals surface area (Å²) in [6.45, 7) is 6.07. The lowest BCUT2D eigenvalue weighted by molar-refractivity contribution is 0.0310. The van der Waals surface area contributed by atoms with Crippen LogP contribution < -0.4 is 15.9 Å². The molecule has 0 N–H and O–H groups in total. The third kappa shape index (κ3) is 5.22. The van der Waals surface area contributed by atoms with Crippen molar-refractivity contribution in [3.8, 4) is 0 Å². The fourth-order valence-corrected chi connectivity index (χ4v) is 5.63. The van der Waals surface area contributed by atoms with Gasteiger partial charge in [0.2, 0.25) is 0 Å². The molecule has 0 spiro atoms. The molecule has 29 heavy (non-hydrogen) atoms. The lowest BCUT2D eigenvalue weighted by atomic mass is 10.1. The number of ether oxygens (including phenoxy) is 1. The highest BCUT2D eigenvalue weighted by Gasteiger charge is 2.24. The maximum atomic E-state index is 13.2. The first-order chi connectivity index (χ1) is 14.1. The predicted molar refractivity (Wildman–Crippen MR) is 124 cm³/mol. The first-order valence-corrected chi connectivity index (χ1v) is 11.3. The summed E-state index contributed by atoms with van der Waals surface area (Å²) in [6.07, 6.45) is 3.65. The van der Waals surface area contributed by atoms with Crippen molar-refractivity contribution in [3.63, 3.8) is 0 Å². The Morgan fingerprint density at radius 2 is 1.34 bits per heavy atom. The molecule has 1 unspecified atom stereocenters. The van der Waals surface area contributed by atoms with Gasteiger partial charge in [-0.15, -0.1) is 0 Å². The molecule has 0 amide bonds. The van der Waals surface area contributed by atoms with Gasteiger partial charge >= 0.3 is 5.97 Å². The number of hydrogen-bond donors (Lipinski definition) is 0. The van der Waals surface area contributed by atoms with Gasteiger partial charge in [0, 0.05) is 0 Å². The van der Waals surface area contributed by atoms with Crippen LogP contribution >= 0.6 is 7.92 Å². The maximum Gasteiger partial charge on any atom is 0.339 e. The van der Waals surface area contributed by atoms with E-state index in [4.69, 9.17) is 4.74 Å². The molecule has 3 rings (SSSR count). The second-order valence-electron chi connectivity index (χ2n) is 7.16. The number of esters is 1. The van der Waals surface area contributed by atoms with Crippen LogP contribution in [0.5, 0.6) is 0 Å². The van der Waals surface area contributed by atoms with Crippen LogP contribution in [0.25, 0.3) is 0 Å². The van der Waals surface area contributed by atoms with Crippen LogP contribution in [0, 0.1) is 5.92 Å². The van der Waals surface area contributed by atoms with Crippen molar-refractivity contribution in [1.82, 2.24) is 0 Å². The molecule has 0 saturated heterocycles. The normalized spacial score (nSPS) is 12.4. The molecular weight excluding hydrogens is 375 g/mol. The molecule has 148 valence electrons. The summed E-state index contributed by atoms with van der Waals surface area (Å²) in [7, 11) is -0.866. The standard InChI is InChI=1S/C26H27O2P/c1-4-13-24(20(2)3)28-26(27)23-18-11-12-19-25(23)29(21-14-7-5-8-15-21)22-16-9-6-10-17-22/h4-20,24H,1-3H3/b13-4+. The zero-order valence-electron chi connectivity index (χ0n) is 17.2. The van der Waals surface area contributed by atoms with Gasteiger partial charge < -0.3 is 4.74 Å². The number of benzene rings is 3.